The van der Waals surface area contributed by atoms with Gasteiger partial charge in [0.1, 0.15) is 0 Å². The molecule has 0 unspecified atom stereocenters. The number of rotatable bonds is 0. The Morgan fingerprint density at radius 1 is 0.533 bits per heavy atom. The third kappa shape index (κ3) is 7.49. The molecular weight excluding hydrogens is 361 g/mol. The topological polar surface area (TPSA) is 0 Å². The molecule has 0 saturated carbocycles. The van der Waals surface area contributed by atoms with Gasteiger partial charge in [0.05, 0.1) is 0 Å². The standard InChI is InChI=1S/C12H27P.BrH.Pd/c1-10(2,3)13(11(4,5)6)12(7,8)9;;/h1-9H3;1H;/p-1. The Labute approximate surface area is 123 Å². The quantitative estimate of drug-likeness (QED) is 0.439. The number of hydrogen-bond acceptors (Lipinski definition) is 0. The van der Waals surface area contributed by atoms with Crippen LogP contribution < -0.4 is 17.0 Å². The molecule has 0 aliphatic rings. The molecule has 0 saturated heterocycles. The van der Waals surface area contributed by atoms with E-state index in [0.717, 1.165) is 0 Å². The van der Waals surface area contributed by atoms with Gasteiger partial charge in [0, 0.05) is 20.4 Å². The van der Waals surface area contributed by atoms with E-state index in [2.05, 4.69) is 62.3 Å². The number of hydrogen-bond donors (Lipinski definition) is 0. The van der Waals surface area contributed by atoms with Crippen LogP contribution in [0.5, 0.6) is 0 Å². The molecule has 15 heavy (non-hydrogen) atoms. The summed E-state index contributed by atoms with van der Waals surface area (Å²) in [7, 11) is 0.0162. The molecule has 0 amide bonds. The van der Waals surface area contributed by atoms with E-state index >= 15 is 0 Å². The molecule has 0 radical (unpaired) electrons. The average molecular weight is 389 g/mol. The summed E-state index contributed by atoms with van der Waals surface area (Å²) in [5.41, 5.74) is 0. The van der Waals surface area contributed by atoms with Crippen molar-refractivity contribution < 1.29 is 37.4 Å². The van der Waals surface area contributed by atoms with Gasteiger partial charge in [0.15, 0.2) is 0 Å². The summed E-state index contributed by atoms with van der Waals surface area (Å²) in [4.78, 5) is 0. The summed E-state index contributed by atoms with van der Waals surface area (Å²) in [6.45, 7) is 21.5. The van der Waals surface area contributed by atoms with Gasteiger partial charge in [0.2, 0.25) is 0 Å². The molecule has 0 atom stereocenters. The Hall–Kier alpha value is 1.57. The van der Waals surface area contributed by atoms with Crippen LogP contribution >= 0.6 is 7.92 Å². The van der Waals surface area contributed by atoms with Gasteiger partial charge in [0.25, 0.3) is 0 Å². The van der Waals surface area contributed by atoms with Crippen molar-refractivity contribution in [3.8, 4) is 0 Å². The van der Waals surface area contributed by atoms with Crippen LogP contribution in [-0.2, 0) is 20.4 Å². The van der Waals surface area contributed by atoms with E-state index in [1.807, 2.05) is 0 Å². The van der Waals surface area contributed by atoms with Crippen molar-refractivity contribution in [1.29, 1.82) is 0 Å². The molecule has 0 fully saturated rings. The fourth-order valence-corrected chi connectivity index (χ4v) is 9.06. The Morgan fingerprint density at radius 2 is 0.667 bits per heavy atom. The zero-order valence-corrected chi connectivity index (χ0v) is 15.7. The van der Waals surface area contributed by atoms with Crippen LogP contribution in [0.2, 0.25) is 0 Å². The molecule has 3 heteroatoms. The van der Waals surface area contributed by atoms with Gasteiger partial charge < -0.3 is 17.0 Å². The van der Waals surface area contributed by atoms with E-state index in [1.54, 1.807) is 0 Å². The predicted molar refractivity (Wildman–Crippen MR) is 66.2 cm³/mol. The Balaban J connectivity index is -0.000000720. The first-order valence-corrected chi connectivity index (χ1v) is 6.51. The molecule has 0 aromatic rings. The third-order valence-electron chi connectivity index (χ3n) is 2.01. The van der Waals surface area contributed by atoms with Gasteiger partial charge in [-0.2, -0.15) is 0 Å². The van der Waals surface area contributed by atoms with Gasteiger partial charge >= 0.3 is 0 Å². The molecule has 0 aromatic heterocycles. The second-order valence-corrected chi connectivity index (χ2v) is 11.5. The molecule has 0 aromatic carbocycles. The van der Waals surface area contributed by atoms with Crippen molar-refractivity contribution in [1.82, 2.24) is 0 Å². The van der Waals surface area contributed by atoms with Crippen LogP contribution in [0.4, 0.5) is 0 Å². The maximum atomic E-state index is 2.38. The normalized spacial score (nSPS) is 13.2. The molecule has 0 bridgehead atoms. The molecule has 0 N–H and O–H groups in total. The predicted octanol–water partition coefficient (Wildman–Crippen LogP) is 1.87. The zero-order chi connectivity index (χ0) is 11.1. The van der Waals surface area contributed by atoms with Gasteiger partial charge in [-0.25, -0.2) is 0 Å². The summed E-state index contributed by atoms with van der Waals surface area (Å²) < 4.78 is 0. The van der Waals surface area contributed by atoms with E-state index in [0.29, 0.717) is 15.5 Å². The molecule has 0 rings (SSSR count). The Bertz CT molecular complexity index is 138. The van der Waals surface area contributed by atoms with E-state index in [9.17, 15) is 0 Å². The van der Waals surface area contributed by atoms with Gasteiger partial charge in [-0.15, -0.1) is 0 Å². The van der Waals surface area contributed by atoms with E-state index in [-0.39, 0.29) is 45.3 Å². The van der Waals surface area contributed by atoms with Crippen molar-refractivity contribution in [2.24, 2.45) is 0 Å². The van der Waals surface area contributed by atoms with Crippen molar-refractivity contribution >= 4 is 7.92 Å². The zero-order valence-electron chi connectivity index (χ0n) is 11.6. The van der Waals surface area contributed by atoms with Gasteiger partial charge in [-0.3, -0.25) is 0 Å². The minimum Gasteiger partial charge on any atom is -1.00 e. The summed E-state index contributed by atoms with van der Waals surface area (Å²) >= 11 is 0. The fraction of sp³-hybridized carbons (Fsp3) is 1.00. The minimum absolute atomic E-state index is 0. The second-order valence-electron chi connectivity index (χ2n) is 6.85. The van der Waals surface area contributed by atoms with Crippen molar-refractivity contribution in [2.45, 2.75) is 77.8 Å². The second kappa shape index (κ2) is 6.49. The van der Waals surface area contributed by atoms with Gasteiger partial charge in [-0.05, 0) is 15.5 Å². The molecule has 0 aliphatic carbocycles. The van der Waals surface area contributed by atoms with Gasteiger partial charge in [-0.1, -0.05) is 70.2 Å². The summed E-state index contributed by atoms with van der Waals surface area (Å²) in [6, 6.07) is 0. The van der Waals surface area contributed by atoms with Crippen LogP contribution in [-0.4, -0.2) is 15.5 Å². The monoisotopic (exact) mass is 387 g/mol. The summed E-state index contributed by atoms with van der Waals surface area (Å²) in [6.07, 6.45) is 0. The van der Waals surface area contributed by atoms with Crippen molar-refractivity contribution in [3.05, 3.63) is 0 Å². The Morgan fingerprint density at radius 3 is 0.667 bits per heavy atom. The van der Waals surface area contributed by atoms with Crippen molar-refractivity contribution in [3.63, 3.8) is 0 Å². The Kier molecular flexibility index (Phi) is 9.44. The summed E-state index contributed by atoms with van der Waals surface area (Å²) in [5.74, 6) is 0. The van der Waals surface area contributed by atoms with Crippen LogP contribution in [0.25, 0.3) is 0 Å². The first-order valence-electron chi connectivity index (χ1n) is 5.17. The first-order chi connectivity index (χ1) is 5.37. The minimum atomic E-state index is 0. The van der Waals surface area contributed by atoms with Crippen LogP contribution in [0.15, 0.2) is 0 Å². The average Bonchev–Trinajstić information content (AvgIpc) is 1.44. The summed E-state index contributed by atoms with van der Waals surface area (Å²) in [5, 5.41) is 1.35. The smallest absolute Gasteiger partial charge is 0 e. The molecule has 0 heterocycles. The maximum Gasteiger partial charge on any atom is 0 e. The maximum absolute atomic E-state index is 2.38. The van der Waals surface area contributed by atoms with Crippen LogP contribution in [0.3, 0.4) is 0 Å². The molecule has 0 nitrogen and oxygen atoms in total. The SMILES string of the molecule is CC(C)(C)P(C(C)(C)C)C(C)(C)C.[Br-].[Pd]. The number of halogens is 1. The molecular formula is C12H27BrPPd-. The first kappa shape index (κ1) is 21.8. The van der Waals surface area contributed by atoms with E-state index < -0.39 is 0 Å². The van der Waals surface area contributed by atoms with Crippen LogP contribution in [0, 0.1) is 0 Å². The molecule has 0 aliphatic heterocycles. The van der Waals surface area contributed by atoms with E-state index in [4.69, 9.17) is 0 Å². The third-order valence-corrected chi connectivity index (χ3v) is 6.04. The largest absolute Gasteiger partial charge is 1.00 e. The van der Waals surface area contributed by atoms with Crippen molar-refractivity contribution in [2.75, 3.05) is 0 Å². The fourth-order valence-electron chi connectivity index (χ4n) is 3.02. The van der Waals surface area contributed by atoms with Crippen LogP contribution in [0.1, 0.15) is 62.3 Å². The molecule has 0 spiro atoms. The molecule has 98 valence electrons. The van der Waals surface area contributed by atoms with E-state index in [1.165, 1.54) is 0 Å².